The van der Waals surface area contributed by atoms with E-state index in [1.165, 1.54) is 4.31 Å². The molecule has 2 N–H and O–H groups in total. The number of halogens is 2. The molecule has 118 valence electrons. The van der Waals surface area contributed by atoms with Crippen LogP contribution in [0.25, 0.3) is 0 Å². The van der Waals surface area contributed by atoms with Crippen molar-refractivity contribution in [2.24, 2.45) is 5.92 Å². The largest absolute Gasteiger partial charge is 0.319 e. The van der Waals surface area contributed by atoms with Crippen molar-refractivity contribution < 1.29 is 8.42 Å². The van der Waals surface area contributed by atoms with Crippen molar-refractivity contribution in [1.29, 1.82) is 0 Å². The lowest BCUT2D eigenvalue weighted by Crippen LogP contribution is -2.43. The van der Waals surface area contributed by atoms with Crippen molar-refractivity contribution in [1.82, 2.24) is 9.62 Å². The minimum absolute atomic E-state index is 0.537. The summed E-state index contributed by atoms with van der Waals surface area (Å²) in [5.41, 5.74) is 0.537. The molecule has 5 nitrogen and oxygen atoms in total. The molecule has 1 aromatic rings. The first-order chi connectivity index (χ1) is 9.94. The highest BCUT2D eigenvalue weighted by atomic mass is 79.9. The van der Waals surface area contributed by atoms with Crippen LogP contribution in [0.5, 0.6) is 0 Å². The Balaban J connectivity index is 2.06. The van der Waals surface area contributed by atoms with Crippen LogP contribution in [0.1, 0.15) is 12.8 Å². The predicted octanol–water partition coefficient (Wildman–Crippen LogP) is 2.80. The van der Waals surface area contributed by atoms with Crippen LogP contribution in [0.15, 0.2) is 27.1 Å². The van der Waals surface area contributed by atoms with Gasteiger partial charge in [0.2, 0.25) is 0 Å². The highest BCUT2D eigenvalue weighted by molar-refractivity contribution is 9.11. The zero-order chi connectivity index (χ0) is 15.5. The number of nitrogens with one attached hydrogen (secondary N) is 2. The monoisotopic (exact) mass is 439 g/mol. The summed E-state index contributed by atoms with van der Waals surface area (Å²) in [5, 5.41) is 3.15. The van der Waals surface area contributed by atoms with E-state index in [-0.39, 0.29) is 0 Å². The summed E-state index contributed by atoms with van der Waals surface area (Å²) in [6.07, 6.45) is 1.78. The number of benzene rings is 1. The molecule has 8 heteroatoms. The van der Waals surface area contributed by atoms with Gasteiger partial charge in [-0.3, -0.25) is 4.72 Å². The molecule has 0 atom stereocenters. The molecule has 0 bridgehead atoms. The third-order valence-electron chi connectivity index (χ3n) is 3.60. The molecule has 0 aromatic heterocycles. The van der Waals surface area contributed by atoms with Crippen molar-refractivity contribution in [2.75, 3.05) is 31.4 Å². The molecule has 1 fully saturated rings. The number of hydrogen-bond acceptors (Lipinski definition) is 3. The van der Waals surface area contributed by atoms with Gasteiger partial charge in [-0.2, -0.15) is 12.7 Å². The predicted molar refractivity (Wildman–Crippen MR) is 92.6 cm³/mol. The van der Waals surface area contributed by atoms with Gasteiger partial charge in [-0.05, 0) is 76.3 Å². The number of rotatable bonds is 5. The maximum absolute atomic E-state index is 12.5. The molecule has 1 heterocycles. The Hall–Kier alpha value is -0.150. The Morgan fingerprint density at radius 1 is 1.24 bits per heavy atom. The minimum atomic E-state index is -3.52. The Morgan fingerprint density at radius 3 is 2.33 bits per heavy atom. The van der Waals surface area contributed by atoms with E-state index >= 15 is 0 Å². The zero-order valence-electron chi connectivity index (χ0n) is 11.8. The van der Waals surface area contributed by atoms with Crippen LogP contribution in [-0.2, 0) is 10.2 Å². The summed E-state index contributed by atoms with van der Waals surface area (Å²) in [7, 11) is -1.59. The van der Waals surface area contributed by atoms with Gasteiger partial charge in [0.1, 0.15) is 0 Å². The van der Waals surface area contributed by atoms with E-state index in [4.69, 9.17) is 0 Å². The van der Waals surface area contributed by atoms with Crippen LogP contribution in [0.2, 0.25) is 0 Å². The van der Waals surface area contributed by atoms with Gasteiger partial charge >= 0.3 is 10.2 Å². The van der Waals surface area contributed by atoms with Crippen LogP contribution in [-0.4, -0.2) is 39.4 Å². The molecule has 2 rings (SSSR count). The van der Waals surface area contributed by atoms with Gasteiger partial charge < -0.3 is 5.32 Å². The maximum Gasteiger partial charge on any atom is 0.301 e. The normalized spacial score (nSPS) is 17.9. The van der Waals surface area contributed by atoms with Gasteiger partial charge in [0.25, 0.3) is 0 Å². The van der Waals surface area contributed by atoms with Crippen LogP contribution in [0.4, 0.5) is 5.69 Å². The summed E-state index contributed by atoms with van der Waals surface area (Å²) in [6, 6.07) is 5.46. The maximum atomic E-state index is 12.5. The second-order valence-electron chi connectivity index (χ2n) is 5.10. The quantitative estimate of drug-likeness (QED) is 0.739. The van der Waals surface area contributed by atoms with E-state index in [2.05, 4.69) is 41.9 Å². The molecule has 1 saturated heterocycles. The van der Waals surface area contributed by atoms with E-state index in [1.807, 2.05) is 25.2 Å². The van der Waals surface area contributed by atoms with Crippen LogP contribution < -0.4 is 10.0 Å². The van der Waals surface area contributed by atoms with Crippen molar-refractivity contribution in [3.63, 3.8) is 0 Å². The first kappa shape index (κ1) is 17.2. The zero-order valence-corrected chi connectivity index (χ0v) is 15.8. The third-order valence-corrected chi connectivity index (χ3v) is 6.43. The van der Waals surface area contributed by atoms with Crippen LogP contribution >= 0.6 is 31.9 Å². The minimum Gasteiger partial charge on any atom is -0.319 e. The highest BCUT2D eigenvalue weighted by Gasteiger charge is 2.28. The first-order valence-electron chi connectivity index (χ1n) is 6.80. The average Bonchev–Trinajstić information content (AvgIpc) is 2.44. The summed E-state index contributed by atoms with van der Waals surface area (Å²) in [4.78, 5) is 0. The Bertz CT molecular complexity index is 567. The fourth-order valence-electron chi connectivity index (χ4n) is 2.43. The SMILES string of the molecule is CNCC1CCN(S(=O)(=O)Nc2c(Br)cccc2Br)CC1. The van der Waals surface area contributed by atoms with Crippen LogP contribution in [0.3, 0.4) is 0 Å². The smallest absolute Gasteiger partial charge is 0.301 e. The fraction of sp³-hybridized carbons (Fsp3) is 0.538. The lowest BCUT2D eigenvalue weighted by Gasteiger charge is -2.31. The van der Waals surface area contributed by atoms with E-state index in [0.29, 0.717) is 33.6 Å². The third kappa shape index (κ3) is 4.41. The second kappa shape index (κ2) is 7.41. The Kier molecular flexibility index (Phi) is 6.07. The molecule has 1 aromatic carbocycles. The lowest BCUT2D eigenvalue weighted by atomic mass is 9.98. The summed E-state index contributed by atoms with van der Waals surface area (Å²) in [5.74, 6) is 0.552. The molecule has 0 radical (unpaired) electrons. The second-order valence-corrected chi connectivity index (χ2v) is 8.48. The summed E-state index contributed by atoms with van der Waals surface area (Å²) >= 11 is 6.74. The van der Waals surface area contributed by atoms with Crippen molar-refractivity contribution in [3.8, 4) is 0 Å². The molecule has 0 unspecified atom stereocenters. The molecule has 0 aliphatic carbocycles. The first-order valence-corrected chi connectivity index (χ1v) is 9.83. The standard InChI is InChI=1S/C13H19Br2N3O2S/c1-16-9-10-5-7-18(8-6-10)21(19,20)17-13-11(14)3-2-4-12(13)15/h2-4,10,16-17H,5-9H2,1H3. The summed E-state index contributed by atoms with van der Waals surface area (Å²) in [6.45, 7) is 2.06. The number of nitrogens with zero attached hydrogens (tertiary/aromatic N) is 1. The Labute approximate surface area is 142 Å². The van der Waals surface area contributed by atoms with Gasteiger partial charge in [-0.15, -0.1) is 0 Å². The van der Waals surface area contributed by atoms with Gasteiger partial charge in [0.15, 0.2) is 0 Å². The van der Waals surface area contributed by atoms with E-state index in [0.717, 1.165) is 19.4 Å². The molecule has 21 heavy (non-hydrogen) atoms. The number of anilines is 1. The Morgan fingerprint density at radius 2 is 1.81 bits per heavy atom. The fourth-order valence-corrected chi connectivity index (χ4v) is 5.19. The molecular formula is C13H19Br2N3O2S. The summed E-state index contributed by atoms with van der Waals surface area (Å²) < 4.78 is 30.6. The molecular weight excluding hydrogens is 422 g/mol. The number of piperidine rings is 1. The van der Waals surface area contributed by atoms with Gasteiger partial charge in [-0.25, -0.2) is 0 Å². The molecule has 0 amide bonds. The van der Waals surface area contributed by atoms with E-state index in [1.54, 1.807) is 0 Å². The number of hydrogen-bond donors (Lipinski definition) is 2. The van der Waals surface area contributed by atoms with Crippen molar-refractivity contribution in [3.05, 3.63) is 27.1 Å². The van der Waals surface area contributed by atoms with Crippen molar-refractivity contribution >= 4 is 47.8 Å². The molecule has 0 saturated carbocycles. The molecule has 1 aliphatic heterocycles. The lowest BCUT2D eigenvalue weighted by molar-refractivity contribution is 0.272. The van der Waals surface area contributed by atoms with Gasteiger partial charge in [0.05, 0.1) is 5.69 Å². The van der Waals surface area contributed by atoms with Gasteiger partial charge in [-0.1, -0.05) is 6.07 Å². The van der Waals surface area contributed by atoms with Gasteiger partial charge in [0, 0.05) is 22.0 Å². The number of para-hydroxylation sites is 1. The van der Waals surface area contributed by atoms with Crippen molar-refractivity contribution in [2.45, 2.75) is 12.8 Å². The average molecular weight is 441 g/mol. The molecule has 0 spiro atoms. The van der Waals surface area contributed by atoms with E-state index < -0.39 is 10.2 Å². The van der Waals surface area contributed by atoms with Crippen LogP contribution in [0, 0.1) is 5.92 Å². The molecule has 1 aliphatic rings. The highest BCUT2D eigenvalue weighted by Crippen LogP contribution is 2.32. The topological polar surface area (TPSA) is 61.4 Å². The van der Waals surface area contributed by atoms with E-state index in [9.17, 15) is 8.42 Å².